The van der Waals surface area contributed by atoms with Crippen LogP contribution >= 0.6 is 0 Å². The van der Waals surface area contributed by atoms with Gasteiger partial charge in [0.2, 0.25) is 0 Å². The van der Waals surface area contributed by atoms with E-state index in [0.29, 0.717) is 11.5 Å². The Hall–Kier alpha value is -9.12. The Bertz CT molecular complexity index is 4030. The van der Waals surface area contributed by atoms with Crippen molar-refractivity contribution in [1.29, 1.82) is 0 Å². The summed E-state index contributed by atoms with van der Waals surface area (Å²) in [4.78, 5) is 2.38. The van der Waals surface area contributed by atoms with Gasteiger partial charge in [0.15, 0.2) is 23.0 Å². The van der Waals surface area contributed by atoms with Gasteiger partial charge < -0.3 is 18.9 Å². The van der Waals surface area contributed by atoms with E-state index in [-0.39, 0.29) is 17.3 Å². The summed E-state index contributed by atoms with van der Waals surface area (Å²) in [6, 6.07) is 83.3. The number of benzene rings is 10. The number of fused-ring (bicyclic) bond motifs is 15. The van der Waals surface area contributed by atoms with Gasteiger partial charge in [-0.25, -0.2) is 0 Å². The van der Waals surface area contributed by atoms with Crippen LogP contribution in [-0.2, 0) is 5.41 Å². The second kappa shape index (κ2) is 15.4. The standard InChI is InChI=1S/C67H44N2O2/c1-3-19-43(20-4-1)48-25-10-15-34-60(48)68(45-22-5-2-6-23-45)47-37-38-54-53-29-11-16-35-61(53)69(62(54)40-47)46-24-17-21-44(39-46)49-30-18-36-63-66(49)71-65-42-59-55(41-64(65)70-63)52-28-9-14-33-58(52)67(59)56-31-12-7-26-50(56)51-27-8-13-32-57(51)67/h1-42,50,56H. The number of hydrogen-bond donors (Lipinski definition) is 0. The van der Waals surface area contributed by atoms with E-state index in [1.807, 2.05) is 6.07 Å². The fourth-order valence-electron chi connectivity index (χ4n) is 12.6. The van der Waals surface area contributed by atoms with Crippen molar-refractivity contribution < 1.29 is 9.47 Å². The SMILES string of the molecule is C1=CC2c3ccccc3C3(c4ccccc4-c4cc5c(cc43)Oc3c(cccc3-c3cccc(-n4c6ccccc6c6ccc(N(c7ccccc7)c7ccccc7-c7ccccc7)cc64)c3)O5)C2C=C1. The first-order valence-electron chi connectivity index (χ1n) is 24.6. The molecule has 4 aliphatic rings. The Kier molecular flexibility index (Phi) is 8.67. The quantitative estimate of drug-likeness (QED) is 0.166. The number of allylic oxidation sites excluding steroid dienone is 4. The monoisotopic (exact) mass is 908 g/mol. The van der Waals surface area contributed by atoms with Crippen molar-refractivity contribution in [2.45, 2.75) is 11.3 Å². The molecule has 0 saturated heterocycles. The van der Waals surface area contributed by atoms with Crippen LogP contribution in [0.1, 0.15) is 28.2 Å². The normalized spacial score (nSPS) is 17.5. The molecule has 0 fully saturated rings. The van der Waals surface area contributed by atoms with Crippen molar-refractivity contribution in [2.75, 3.05) is 4.90 Å². The maximum absolute atomic E-state index is 7.18. The third kappa shape index (κ3) is 5.79. The molecular weight excluding hydrogens is 865 g/mol. The summed E-state index contributed by atoms with van der Waals surface area (Å²) in [6.45, 7) is 0. The number of para-hydroxylation sites is 4. The molecule has 0 bridgehead atoms. The first kappa shape index (κ1) is 39.8. The summed E-state index contributed by atoms with van der Waals surface area (Å²) in [7, 11) is 0. The summed E-state index contributed by atoms with van der Waals surface area (Å²) in [5.74, 6) is 3.38. The molecule has 0 saturated carbocycles. The minimum absolute atomic E-state index is 0.226. The van der Waals surface area contributed by atoms with Crippen LogP contribution < -0.4 is 14.4 Å². The van der Waals surface area contributed by atoms with Crippen molar-refractivity contribution >= 4 is 38.9 Å². The lowest BCUT2D eigenvalue weighted by molar-refractivity contribution is 0.359. The molecule has 4 heteroatoms. The number of nitrogens with zero attached hydrogens (tertiary/aromatic N) is 2. The third-order valence-corrected chi connectivity index (χ3v) is 15.5. The van der Waals surface area contributed by atoms with Gasteiger partial charge >= 0.3 is 0 Å². The van der Waals surface area contributed by atoms with E-state index in [1.54, 1.807) is 0 Å². The fraction of sp³-hybridized carbons (Fsp3) is 0.0448. The topological polar surface area (TPSA) is 26.6 Å². The summed E-state index contributed by atoms with van der Waals surface area (Å²) in [5, 5.41) is 2.39. The second-order valence-corrected chi connectivity index (χ2v) is 19.1. The highest BCUT2D eigenvalue weighted by Crippen LogP contribution is 2.67. The second-order valence-electron chi connectivity index (χ2n) is 19.1. The predicted molar refractivity (Wildman–Crippen MR) is 289 cm³/mol. The van der Waals surface area contributed by atoms with Gasteiger partial charge in [-0.1, -0.05) is 188 Å². The molecule has 3 unspecified atom stereocenters. The van der Waals surface area contributed by atoms with Gasteiger partial charge in [-0.2, -0.15) is 0 Å². The van der Waals surface area contributed by atoms with Crippen molar-refractivity contribution in [1.82, 2.24) is 4.57 Å². The number of rotatable bonds is 6. The summed E-state index contributed by atoms with van der Waals surface area (Å²) in [5.41, 5.74) is 18.4. The van der Waals surface area contributed by atoms with Crippen LogP contribution in [0.3, 0.4) is 0 Å². The number of aromatic nitrogens is 1. The van der Waals surface area contributed by atoms with E-state index in [0.717, 1.165) is 62.0 Å². The number of ether oxygens (including phenoxy) is 2. The molecule has 3 atom stereocenters. The zero-order chi connectivity index (χ0) is 46.6. The Labute approximate surface area is 412 Å². The lowest BCUT2D eigenvalue weighted by Crippen LogP contribution is -2.33. The maximum atomic E-state index is 7.18. The zero-order valence-corrected chi connectivity index (χ0v) is 38.6. The third-order valence-electron chi connectivity index (χ3n) is 15.5. The first-order valence-corrected chi connectivity index (χ1v) is 24.6. The highest BCUT2D eigenvalue weighted by atomic mass is 16.6. The van der Waals surface area contributed by atoms with E-state index >= 15 is 0 Å². The molecule has 3 aliphatic carbocycles. The number of hydrogen-bond acceptors (Lipinski definition) is 3. The van der Waals surface area contributed by atoms with Gasteiger partial charge in [0.25, 0.3) is 0 Å². The van der Waals surface area contributed by atoms with Crippen molar-refractivity contribution in [3.8, 4) is 62.1 Å². The lowest BCUT2D eigenvalue weighted by Gasteiger charge is -2.36. The molecule has 15 rings (SSSR count). The van der Waals surface area contributed by atoms with Crippen LogP contribution in [0.25, 0.3) is 60.9 Å². The summed E-state index contributed by atoms with van der Waals surface area (Å²) < 4.78 is 16.5. The molecular formula is C67H44N2O2. The molecule has 1 aromatic heterocycles. The molecule has 334 valence electrons. The van der Waals surface area contributed by atoms with Gasteiger partial charge in [0.1, 0.15) is 0 Å². The molecule has 1 aliphatic heterocycles. The summed E-state index contributed by atoms with van der Waals surface area (Å²) >= 11 is 0. The molecule has 0 amide bonds. The van der Waals surface area contributed by atoms with Gasteiger partial charge in [0.05, 0.1) is 22.1 Å². The van der Waals surface area contributed by atoms with E-state index < -0.39 is 0 Å². The molecule has 2 heterocycles. The van der Waals surface area contributed by atoms with E-state index in [9.17, 15) is 0 Å². The first-order chi connectivity index (χ1) is 35.2. The largest absolute Gasteiger partial charge is 0.449 e. The lowest BCUT2D eigenvalue weighted by atomic mass is 9.65. The van der Waals surface area contributed by atoms with Crippen molar-refractivity contribution in [2.24, 2.45) is 5.92 Å². The highest BCUT2D eigenvalue weighted by molar-refractivity contribution is 6.10. The highest BCUT2D eigenvalue weighted by Gasteiger charge is 2.57. The Morgan fingerprint density at radius 3 is 2.00 bits per heavy atom. The zero-order valence-electron chi connectivity index (χ0n) is 38.6. The van der Waals surface area contributed by atoms with E-state index in [2.05, 4.69) is 258 Å². The van der Waals surface area contributed by atoms with Gasteiger partial charge in [-0.05, 0) is 111 Å². The average molecular weight is 909 g/mol. The van der Waals surface area contributed by atoms with E-state index in [1.165, 1.54) is 49.7 Å². The Balaban J connectivity index is 0.861. The van der Waals surface area contributed by atoms with Crippen LogP contribution in [0.15, 0.2) is 255 Å². The molecule has 1 spiro atoms. The van der Waals surface area contributed by atoms with Crippen LogP contribution in [0.4, 0.5) is 17.1 Å². The molecule has 11 aromatic rings. The minimum Gasteiger partial charge on any atom is -0.449 e. The molecule has 71 heavy (non-hydrogen) atoms. The van der Waals surface area contributed by atoms with E-state index in [4.69, 9.17) is 9.47 Å². The number of anilines is 3. The average Bonchev–Trinajstić information content (AvgIpc) is 4.04. The van der Waals surface area contributed by atoms with Crippen molar-refractivity contribution in [3.63, 3.8) is 0 Å². The van der Waals surface area contributed by atoms with Crippen LogP contribution in [0, 0.1) is 5.92 Å². The molecule has 0 radical (unpaired) electrons. The smallest absolute Gasteiger partial charge is 0.177 e. The van der Waals surface area contributed by atoms with Gasteiger partial charge in [-0.15, -0.1) is 0 Å². The summed E-state index contributed by atoms with van der Waals surface area (Å²) in [6.07, 6.45) is 9.25. The predicted octanol–water partition coefficient (Wildman–Crippen LogP) is 17.6. The molecule has 10 aromatic carbocycles. The Morgan fingerprint density at radius 2 is 1.10 bits per heavy atom. The Morgan fingerprint density at radius 1 is 0.408 bits per heavy atom. The molecule has 0 N–H and O–H groups in total. The van der Waals surface area contributed by atoms with Gasteiger partial charge in [0, 0.05) is 50.8 Å². The maximum Gasteiger partial charge on any atom is 0.177 e. The minimum atomic E-state index is -0.369. The van der Waals surface area contributed by atoms with Crippen LogP contribution in [-0.4, -0.2) is 4.57 Å². The molecule has 4 nitrogen and oxygen atoms in total. The fourth-order valence-corrected chi connectivity index (χ4v) is 12.6. The van der Waals surface area contributed by atoms with Crippen LogP contribution in [0.2, 0.25) is 0 Å². The van der Waals surface area contributed by atoms with Crippen molar-refractivity contribution in [3.05, 3.63) is 277 Å². The van der Waals surface area contributed by atoms with Gasteiger partial charge in [-0.3, -0.25) is 0 Å². The van der Waals surface area contributed by atoms with Crippen LogP contribution in [0.5, 0.6) is 23.0 Å².